The van der Waals surface area contributed by atoms with Gasteiger partial charge in [-0.2, -0.15) is 16.7 Å². The Balaban J connectivity index is 2.32. The van der Waals surface area contributed by atoms with Crippen molar-refractivity contribution >= 4 is 34.6 Å². The third kappa shape index (κ3) is 2.41. The number of rotatable bonds is 5. The Morgan fingerprint density at radius 2 is 2.28 bits per heavy atom. The topological polar surface area (TPSA) is 55.3 Å². The second kappa shape index (κ2) is 5.52. The summed E-state index contributed by atoms with van der Waals surface area (Å²) in [5.74, 6) is 1.06. The van der Waals surface area contributed by atoms with Gasteiger partial charge >= 0.3 is 0 Å². The summed E-state index contributed by atoms with van der Waals surface area (Å²) in [5.41, 5.74) is 8.05. The minimum Gasteiger partial charge on any atom is -0.423 e. The Kier molecular flexibility index (Phi) is 4.01. The van der Waals surface area contributed by atoms with Crippen LogP contribution in [0.1, 0.15) is 13.3 Å². The van der Waals surface area contributed by atoms with Gasteiger partial charge in [-0.25, -0.2) is 0 Å². The van der Waals surface area contributed by atoms with Gasteiger partial charge < -0.3 is 15.1 Å². The molecule has 5 heteroatoms. The molecule has 2 rings (SSSR count). The number of benzene rings is 1. The van der Waals surface area contributed by atoms with Crippen molar-refractivity contribution in [2.75, 3.05) is 29.7 Å². The molecule has 4 nitrogen and oxygen atoms in total. The smallest absolute Gasteiger partial charge is 0.298 e. The lowest BCUT2D eigenvalue weighted by molar-refractivity contribution is 0.545. The fourth-order valence-corrected chi connectivity index (χ4v) is 2.81. The van der Waals surface area contributed by atoms with Crippen LogP contribution in [-0.4, -0.2) is 30.1 Å². The van der Waals surface area contributed by atoms with Crippen LogP contribution in [0.15, 0.2) is 22.6 Å². The highest BCUT2D eigenvalue weighted by Gasteiger charge is 2.18. The van der Waals surface area contributed by atoms with E-state index in [0.717, 1.165) is 23.3 Å². The van der Waals surface area contributed by atoms with Gasteiger partial charge in [-0.1, -0.05) is 13.0 Å². The molecule has 1 aromatic heterocycles. The highest BCUT2D eigenvalue weighted by atomic mass is 32.2. The number of nitrogens with two attached hydrogens (primary N) is 1. The van der Waals surface area contributed by atoms with Gasteiger partial charge in [0, 0.05) is 18.8 Å². The average Bonchev–Trinajstić information content (AvgIpc) is 2.80. The molecule has 1 heterocycles. The van der Waals surface area contributed by atoms with Crippen molar-refractivity contribution in [3.8, 4) is 0 Å². The summed E-state index contributed by atoms with van der Waals surface area (Å²) in [4.78, 5) is 6.58. The minimum absolute atomic E-state index is 0.425. The molecule has 0 aliphatic rings. The van der Waals surface area contributed by atoms with Gasteiger partial charge in [0.2, 0.25) is 0 Å². The Bertz CT molecular complexity index is 526. The fourth-order valence-electron chi connectivity index (χ4n) is 1.96. The summed E-state index contributed by atoms with van der Waals surface area (Å²) >= 11 is 1.83. The zero-order valence-corrected chi connectivity index (χ0v) is 11.8. The standard InChI is InChI=1S/C13H19N3OS/c1-4-9(8-18-3)16(2)13-15-12-10(14)6-5-7-11(12)17-13/h5-7,9H,4,8,14H2,1-3H3. The highest BCUT2D eigenvalue weighted by molar-refractivity contribution is 7.98. The SMILES string of the molecule is CCC(CSC)N(C)c1nc2c(N)cccc2o1. The molecular formula is C13H19N3OS. The maximum atomic E-state index is 5.89. The quantitative estimate of drug-likeness (QED) is 0.842. The molecule has 18 heavy (non-hydrogen) atoms. The van der Waals surface area contributed by atoms with E-state index in [1.165, 1.54) is 0 Å². The van der Waals surface area contributed by atoms with E-state index in [2.05, 4.69) is 23.1 Å². The summed E-state index contributed by atoms with van der Waals surface area (Å²) in [5, 5.41) is 0. The molecule has 0 bridgehead atoms. The van der Waals surface area contributed by atoms with Crippen LogP contribution in [0.5, 0.6) is 0 Å². The number of nitrogens with zero attached hydrogens (tertiary/aromatic N) is 2. The zero-order valence-electron chi connectivity index (χ0n) is 11.0. The van der Waals surface area contributed by atoms with E-state index in [-0.39, 0.29) is 0 Å². The molecule has 0 spiro atoms. The predicted molar refractivity (Wildman–Crippen MR) is 79.3 cm³/mol. The second-order valence-corrected chi connectivity index (χ2v) is 5.23. The molecule has 0 aliphatic heterocycles. The third-order valence-corrected chi connectivity index (χ3v) is 3.84. The Morgan fingerprint density at radius 3 is 2.89 bits per heavy atom. The largest absolute Gasteiger partial charge is 0.423 e. The maximum absolute atomic E-state index is 5.89. The van der Waals surface area contributed by atoms with Crippen LogP contribution in [0.2, 0.25) is 0 Å². The number of thioether (sulfide) groups is 1. The van der Waals surface area contributed by atoms with Gasteiger partial charge in [0.05, 0.1) is 5.69 Å². The van der Waals surface area contributed by atoms with Crippen molar-refractivity contribution in [1.29, 1.82) is 0 Å². The molecule has 0 amide bonds. The summed E-state index contributed by atoms with van der Waals surface area (Å²) in [7, 11) is 2.02. The molecule has 2 N–H and O–H groups in total. The van der Waals surface area contributed by atoms with Gasteiger partial charge in [-0.3, -0.25) is 0 Å². The number of aromatic nitrogens is 1. The highest BCUT2D eigenvalue weighted by Crippen LogP contribution is 2.27. The van der Waals surface area contributed by atoms with Gasteiger partial charge in [0.1, 0.15) is 5.52 Å². The van der Waals surface area contributed by atoms with Crippen molar-refractivity contribution < 1.29 is 4.42 Å². The predicted octanol–water partition coefficient (Wildman–Crippen LogP) is 2.99. The molecule has 0 radical (unpaired) electrons. The Hall–Kier alpha value is -1.36. The first-order valence-corrected chi connectivity index (χ1v) is 7.43. The van der Waals surface area contributed by atoms with E-state index in [1.54, 1.807) is 0 Å². The minimum atomic E-state index is 0.425. The van der Waals surface area contributed by atoms with E-state index in [9.17, 15) is 0 Å². The lowest BCUT2D eigenvalue weighted by atomic mass is 10.2. The van der Waals surface area contributed by atoms with Crippen LogP contribution < -0.4 is 10.6 Å². The van der Waals surface area contributed by atoms with Crippen LogP contribution in [0.3, 0.4) is 0 Å². The Morgan fingerprint density at radius 1 is 1.50 bits per heavy atom. The number of hydrogen-bond donors (Lipinski definition) is 1. The van der Waals surface area contributed by atoms with Gasteiger partial charge in [0.15, 0.2) is 5.58 Å². The van der Waals surface area contributed by atoms with Crippen LogP contribution in [0.4, 0.5) is 11.7 Å². The summed E-state index contributed by atoms with van der Waals surface area (Å²) < 4.78 is 5.77. The van der Waals surface area contributed by atoms with E-state index in [1.807, 2.05) is 37.0 Å². The second-order valence-electron chi connectivity index (χ2n) is 4.32. The third-order valence-electron chi connectivity index (χ3n) is 3.12. The molecule has 0 saturated carbocycles. The monoisotopic (exact) mass is 265 g/mol. The normalized spacial score (nSPS) is 12.8. The molecule has 98 valence electrons. The van der Waals surface area contributed by atoms with Crippen molar-refractivity contribution in [3.63, 3.8) is 0 Å². The maximum Gasteiger partial charge on any atom is 0.298 e. The number of para-hydroxylation sites is 1. The average molecular weight is 265 g/mol. The van der Waals surface area contributed by atoms with Crippen LogP contribution >= 0.6 is 11.8 Å². The lowest BCUT2D eigenvalue weighted by Gasteiger charge is -2.24. The van der Waals surface area contributed by atoms with Crippen LogP contribution in [0.25, 0.3) is 11.1 Å². The first kappa shape index (κ1) is 13.1. The molecule has 1 unspecified atom stereocenters. The van der Waals surface area contributed by atoms with E-state index in [0.29, 0.717) is 17.7 Å². The van der Waals surface area contributed by atoms with Gasteiger partial charge in [-0.05, 0) is 24.8 Å². The molecular weight excluding hydrogens is 246 g/mol. The van der Waals surface area contributed by atoms with E-state index >= 15 is 0 Å². The number of oxazole rings is 1. The molecule has 0 fully saturated rings. The van der Waals surface area contributed by atoms with Gasteiger partial charge in [0.25, 0.3) is 6.01 Å². The van der Waals surface area contributed by atoms with Crippen LogP contribution in [0, 0.1) is 0 Å². The number of nitrogen functional groups attached to an aromatic ring is 1. The van der Waals surface area contributed by atoms with E-state index in [4.69, 9.17) is 10.2 Å². The Labute approximate surface area is 112 Å². The number of hydrogen-bond acceptors (Lipinski definition) is 5. The van der Waals surface area contributed by atoms with E-state index < -0.39 is 0 Å². The van der Waals surface area contributed by atoms with Crippen LogP contribution in [-0.2, 0) is 0 Å². The molecule has 1 aromatic carbocycles. The molecule has 1 atom stereocenters. The first-order chi connectivity index (χ1) is 8.67. The summed E-state index contributed by atoms with van der Waals surface area (Å²) in [6.07, 6.45) is 3.17. The lowest BCUT2D eigenvalue weighted by Crippen LogP contribution is -2.33. The number of fused-ring (bicyclic) bond motifs is 1. The summed E-state index contributed by atoms with van der Waals surface area (Å²) in [6, 6.07) is 6.68. The van der Waals surface area contributed by atoms with Crippen molar-refractivity contribution in [1.82, 2.24) is 4.98 Å². The molecule has 0 saturated heterocycles. The van der Waals surface area contributed by atoms with Crippen molar-refractivity contribution in [2.24, 2.45) is 0 Å². The molecule has 0 aliphatic carbocycles. The van der Waals surface area contributed by atoms with Crippen molar-refractivity contribution in [2.45, 2.75) is 19.4 Å². The van der Waals surface area contributed by atoms with Crippen molar-refractivity contribution in [3.05, 3.63) is 18.2 Å². The summed E-state index contributed by atoms with van der Waals surface area (Å²) in [6.45, 7) is 2.18. The van der Waals surface area contributed by atoms with Gasteiger partial charge in [-0.15, -0.1) is 0 Å². The zero-order chi connectivity index (χ0) is 13.1. The first-order valence-electron chi connectivity index (χ1n) is 6.04. The number of anilines is 2. The fraction of sp³-hybridized carbons (Fsp3) is 0.462. The molecule has 2 aromatic rings.